The number of unbranched alkanes of at least 4 members (excludes halogenated alkanes) is 3. The zero-order valence-corrected chi connectivity index (χ0v) is 37.2. The molecule has 0 aliphatic carbocycles. The second kappa shape index (κ2) is 35.3. The number of carbonyl (C=O) groups excluding carboxylic acids is 6. The number of carbonyl (C=O) groups is 6. The summed E-state index contributed by atoms with van der Waals surface area (Å²) in [6, 6.07) is -1.10. The van der Waals surface area contributed by atoms with E-state index in [9.17, 15) is 33.9 Å². The van der Waals surface area contributed by atoms with Crippen molar-refractivity contribution in [1.82, 2.24) is 30.2 Å². The molecule has 0 aromatic heterocycles. The lowest BCUT2D eigenvalue weighted by Gasteiger charge is -2.31. The zero-order valence-electron chi connectivity index (χ0n) is 37.2. The molecule has 0 aliphatic heterocycles. The molecule has 0 saturated carbocycles. The summed E-state index contributed by atoms with van der Waals surface area (Å²) in [6.45, 7) is -0.641. The first-order valence-electron chi connectivity index (χ1n) is 21.3. The molecule has 0 heterocycles. The number of amides is 6. The zero-order chi connectivity index (χ0) is 48.3. The van der Waals surface area contributed by atoms with Gasteiger partial charge < -0.3 is 92.7 Å². The number of rotatable bonds is 37. The average molecular weight is 913 g/mol. The number of nitrogens with two attached hydrogens (primary N) is 10. The molecule has 0 radical (unpaired) electrons. The third-order valence-electron chi connectivity index (χ3n) is 9.16. The van der Waals surface area contributed by atoms with Crippen LogP contribution < -0.4 is 68.0 Å². The number of aliphatic imine (C=N–C) groups is 4. The number of guanidine groups is 4. The molecular formula is C37H76N20O7. The molecule has 0 fully saturated rings. The molecule has 0 rings (SSSR count). The van der Waals surface area contributed by atoms with E-state index < -0.39 is 61.8 Å². The number of primary amides is 1. The fraction of sp³-hybridized carbons (Fsp3) is 0.730. The summed E-state index contributed by atoms with van der Waals surface area (Å²) in [5.74, 6) is -4.44. The van der Waals surface area contributed by atoms with Crippen LogP contribution in [0.3, 0.4) is 0 Å². The normalized spacial score (nSPS) is 11.0. The Balaban J connectivity index is 6.37. The van der Waals surface area contributed by atoms with Gasteiger partial charge in [-0.25, -0.2) is 0 Å². The van der Waals surface area contributed by atoms with Gasteiger partial charge in [0.15, 0.2) is 23.8 Å². The monoisotopic (exact) mass is 913 g/mol. The van der Waals surface area contributed by atoms with Gasteiger partial charge in [-0.1, -0.05) is 12.8 Å². The lowest BCUT2D eigenvalue weighted by molar-refractivity contribution is -0.146. The molecule has 366 valence electrons. The maximum absolute atomic E-state index is 14.0. The van der Waals surface area contributed by atoms with Crippen molar-refractivity contribution in [2.75, 3.05) is 105 Å². The molecule has 0 spiro atoms. The standard InChI is InChI=1S/C37H76N20O7/c38-11-3-1-2-4-12-48-22-29(60)55(18-7-15-51-36(44)45)24-31(62)56(19-8-16-52-37(46)47)26-32(63)57(20-9-21-58)25-30(61)54(17-6-14-50-35(42)43)23-28(59)53-27(33(39)64)10-5-13-49-34(40)41/h27,48,58H,1-26,38H2,(H2,39,64)(H,53,59)(H4,40,41,49)(H4,42,43,50)(H4,44,45,51)(H4,46,47,52)/t27-/m1/s1. The molecule has 0 aromatic rings. The SMILES string of the molecule is NCCCCCCNCC(=O)N(CCCN=C(N)N)CC(=O)N(CCCN=C(N)N)CC(=O)N(CCCO)CC(=O)N(CCCN=C(N)N)CC(=O)N[C@H](CCCN=C(N)N)C(N)=O. The van der Waals surface area contributed by atoms with Crippen LogP contribution in [0.15, 0.2) is 20.0 Å². The van der Waals surface area contributed by atoms with Gasteiger partial charge in [0.1, 0.15) is 6.04 Å². The van der Waals surface area contributed by atoms with Crippen LogP contribution in [0.4, 0.5) is 0 Å². The minimum Gasteiger partial charge on any atom is -0.396 e. The summed E-state index contributed by atoms with van der Waals surface area (Å²) in [5.41, 5.74) is 54.6. The van der Waals surface area contributed by atoms with E-state index in [2.05, 4.69) is 30.6 Å². The largest absolute Gasteiger partial charge is 0.396 e. The van der Waals surface area contributed by atoms with Gasteiger partial charge in [0.25, 0.3) is 0 Å². The molecule has 27 heteroatoms. The fourth-order valence-electron chi connectivity index (χ4n) is 5.89. The molecule has 64 heavy (non-hydrogen) atoms. The molecule has 0 aromatic carbocycles. The van der Waals surface area contributed by atoms with Crippen LogP contribution in [-0.4, -0.2) is 195 Å². The maximum atomic E-state index is 14.0. The summed E-state index contributed by atoms with van der Waals surface area (Å²) in [4.78, 5) is 101. The third kappa shape index (κ3) is 29.9. The van der Waals surface area contributed by atoms with Crippen molar-refractivity contribution in [2.24, 2.45) is 77.3 Å². The van der Waals surface area contributed by atoms with E-state index in [1.54, 1.807) is 0 Å². The Bertz CT molecular complexity index is 1530. The fourth-order valence-corrected chi connectivity index (χ4v) is 5.89. The second-order valence-electron chi connectivity index (χ2n) is 14.7. The summed E-state index contributed by atoms with van der Waals surface area (Å²) >= 11 is 0. The molecule has 0 saturated heterocycles. The van der Waals surface area contributed by atoms with Crippen molar-refractivity contribution in [1.29, 1.82) is 0 Å². The molecule has 0 unspecified atom stereocenters. The van der Waals surface area contributed by atoms with Gasteiger partial charge in [-0.3, -0.25) is 48.7 Å². The van der Waals surface area contributed by atoms with Crippen molar-refractivity contribution >= 4 is 59.3 Å². The first kappa shape index (κ1) is 57.8. The molecule has 0 bridgehead atoms. The highest BCUT2D eigenvalue weighted by atomic mass is 16.3. The van der Waals surface area contributed by atoms with Gasteiger partial charge in [-0.15, -0.1) is 0 Å². The van der Waals surface area contributed by atoms with Crippen LogP contribution in [0.2, 0.25) is 0 Å². The number of aliphatic hydroxyl groups excluding tert-OH is 1. The maximum Gasteiger partial charge on any atom is 0.242 e. The molecule has 6 amide bonds. The lowest BCUT2D eigenvalue weighted by Crippen LogP contribution is -2.52. The Morgan fingerprint density at radius 2 is 0.875 bits per heavy atom. The van der Waals surface area contributed by atoms with Crippen LogP contribution in [0.5, 0.6) is 0 Å². The van der Waals surface area contributed by atoms with E-state index in [0.29, 0.717) is 25.9 Å². The van der Waals surface area contributed by atoms with Crippen LogP contribution in [0.1, 0.15) is 64.2 Å². The quantitative estimate of drug-likeness (QED) is 0.0156. The van der Waals surface area contributed by atoms with Gasteiger partial charge in [0.2, 0.25) is 35.4 Å². The van der Waals surface area contributed by atoms with Crippen molar-refractivity contribution in [3.8, 4) is 0 Å². The Morgan fingerprint density at radius 1 is 0.484 bits per heavy atom. The lowest BCUT2D eigenvalue weighted by atomic mass is 10.1. The van der Waals surface area contributed by atoms with E-state index in [1.807, 2.05) is 0 Å². The number of hydrogen-bond donors (Lipinski definition) is 13. The molecule has 23 N–H and O–H groups in total. The summed E-state index contributed by atoms with van der Waals surface area (Å²) in [6.07, 6.45) is 4.92. The van der Waals surface area contributed by atoms with Gasteiger partial charge in [0.05, 0.1) is 32.7 Å². The van der Waals surface area contributed by atoms with E-state index in [0.717, 1.165) is 35.5 Å². The number of aliphatic hydroxyl groups is 1. The van der Waals surface area contributed by atoms with Crippen LogP contribution in [-0.2, 0) is 28.8 Å². The summed E-state index contributed by atoms with van der Waals surface area (Å²) < 4.78 is 0. The minimum atomic E-state index is -1.10. The highest BCUT2D eigenvalue weighted by Crippen LogP contribution is 2.06. The highest BCUT2D eigenvalue weighted by Gasteiger charge is 2.28. The van der Waals surface area contributed by atoms with Crippen molar-refractivity contribution in [2.45, 2.75) is 70.3 Å². The summed E-state index contributed by atoms with van der Waals surface area (Å²) in [7, 11) is 0. The summed E-state index contributed by atoms with van der Waals surface area (Å²) in [5, 5.41) is 15.3. The average Bonchev–Trinajstić information content (AvgIpc) is 3.22. The van der Waals surface area contributed by atoms with E-state index in [1.165, 1.54) is 9.80 Å². The van der Waals surface area contributed by atoms with Crippen molar-refractivity contribution in [3.63, 3.8) is 0 Å². The molecule has 1 atom stereocenters. The number of nitrogens with one attached hydrogen (secondary N) is 2. The molecule has 0 aliphatic rings. The first-order valence-corrected chi connectivity index (χ1v) is 21.3. The Hall–Kier alpha value is -6.22. The Morgan fingerprint density at radius 3 is 1.28 bits per heavy atom. The highest BCUT2D eigenvalue weighted by molar-refractivity contribution is 5.92. The van der Waals surface area contributed by atoms with Crippen molar-refractivity contribution in [3.05, 3.63) is 0 Å². The predicted octanol–water partition coefficient (Wildman–Crippen LogP) is -7.19. The smallest absolute Gasteiger partial charge is 0.242 e. The van der Waals surface area contributed by atoms with Gasteiger partial charge in [-0.05, 0) is 64.5 Å². The van der Waals surface area contributed by atoms with Gasteiger partial charge in [-0.2, -0.15) is 0 Å². The van der Waals surface area contributed by atoms with E-state index in [4.69, 9.17) is 57.3 Å². The number of nitrogens with zero attached hydrogens (tertiary/aromatic N) is 8. The molecular weight excluding hydrogens is 837 g/mol. The van der Waals surface area contributed by atoms with Crippen LogP contribution in [0, 0.1) is 0 Å². The van der Waals surface area contributed by atoms with Crippen molar-refractivity contribution < 1.29 is 33.9 Å². The number of hydrogen-bond acceptors (Lipinski definition) is 13. The molecule has 27 nitrogen and oxygen atoms in total. The predicted molar refractivity (Wildman–Crippen MR) is 245 cm³/mol. The third-order valence-corrected chi connectivity index (χ3v) is 9.16. The van der Waals surface area contributed by atoms with E-state index >= 15 is 0 Å². The Kier molecular flexibility index (Phi) is 31.8. The van der Waals surface area contributed by atoms with Crippen LogP contribution >= 0.6 is 0 Å². The second-order valence-corrected chi connectivity index (χ2v) is 14.7. The first-order chi connectivity index (χ1) is 30.4. The topological polar surface area (TPSA) is 469 Å². The van der Waals surface area contributed by atoms with E-state index in [-0.39, 0.29) is 121 Å². The Labute approximate surface area is 375 Å². The van der Waals surface area contributed by atoms with Crippen LogP contribution in [0.25, 0.3) is 0 Å². The van der Waals surface area contributed by atoms with Gasteiger partial charge >= 0.3 is 0 Å². The van der Waals surface area contributed by atoms with Gasteiger partial charge in [0, 0.05) is 59.0 Å². The minimum absolute atomic E-state index is 0.00963.